The van der Waals surface area contributed by atoms with Crippen LogP contribution in [0.15, 0.2) is 72.8 Å². The van der Waals surface area contributed by atoms with Crippen LogP contribution in [0.5, 0.6) is 0 Å². The van der Waals surface area contributed by atoms with Gasteiger partial charge in [-0.2, -0.15) is 0 Å². The minimum Gasteiger partial charge on any atom is -0.465 e. The highest BCUT2D eigenvalue weighted by Crippen LogP contribution is 2.63. The van der Waals surface area contributed by atoms with E-state index in [1.807, 2.05) is 6.07 Å². The highest BCUT2D eigenvalue weighted by molar-refractivity contribution is 6.05. The second-order valence-electron chi connectivity index (χ2n) is 9.79. The molecule has 0 radical (unpaired) electrons. The van der Waals surface area contributed by atoms with Crippen LogP contribution in [-0.4, -0.2) is 19.0 Å². The molecule has 3 aromatic carbocycles. The summed E-state index contributed by atoms with van der Waals surface area (Å²) in [6.07, 6.45) is 3.90. The number of carbonyl (C=O) groups excluding carboxylic acids is 2. The molecular formula is C29H28N2O3. The summed E-state index contributed by atoms with van der Waals surface area (Å²) in [7, 11) is 1.35. The lowest BCUT2D eigenvalue weighted by molar-refractivity contribution is 0.0600. The van der Waals surface area contributed by atoms with E-state index in [0.29, 0.717) is 40.6 Å². The molecule has 0 aromatic heterocycles. The lowest BCUT2D eigenvalue weighted by Crippen LogP contribution is -2.35. The highest BCUT2D eigenvalue weighted by Gasteiger charge is 2.53. The number of methoxy groups -OCH3 is 1. The summed E-state index contributed by atoms with van der Waals surface area (Å²) in [5.41, 5.74) is 5.57. The molecular weight excluding hydrogens is 424 g/mol. The molecule has 1 amide bonds. The molecule has 172 valence electrons. The zero-order valence-corrected chi connectivity index (χ0v) is 19.2. The largest absolute Gasteiger partial charge is 0.465 e. The van der Waals surface area contributed by atoms with Crippen LogP contribution in [0.25, 0.3) is 0 Å². The Kier molecular flexibility index (Phi) is 5.13. The first-order chi connectivity index (χ1) is 16.6. The molecule has 0 saturated heterocycles. The van der Waals surface area contributed by atoms with E-state index in [2.05, 4.69) is 53.1 Å². The summed E-state index contributed by atoms with van der Waals surface area (Å²) < 4.78 is 4.74. The molecule has 0 spiro atoms. The number of ether oxygens (including phenoxy) is 1. The third-order valence-electron chi connectivity index (χ3n) is 8.07. The van der Waals surface area contributed by atoms with Crippen LogP contribution in [-0.2, 0) is 4.74 Å². The number of anilines is 2. The first-order valence-corrected chi connectivity index (χ1v) is 12.1. The van der Waals surface area contributed by atoms with E-state index in [1.54, 1.807) is 24.3 Å². The van der Waals surface area contributed by atoms with Gasteiger partial charge in [-0.3, -0.25) is 4.79 Å². The molecule has 2 bridgehead atoms. The van der Waals surface area contributed by atoms with Crippen LogP contribution >= 0.6 is 0 Å². The fourth-order valence-corrected chi connectivity index (χ4v) is 6.63. The Morgan fingerprint density at radius 2 is 1.65 bits per heavy atom. The van der Waals surface area contributed by atoms with E-state index in [9.17, 15) is 9.59 Å². The van der Waals surface area contributed by atoms with Crippen molar-refractivity contribution in [1.82, 2.24) is 0 Å². The molecule has 5 heteroatoms. The van der Waals surface area contributed by atoms with Gasteiger partial charge in [-0.25, -0.2) is 4.79 Å². The number of hydrogen-bond donors (Lipinski definition) is 2. The zero-order valence-electron chi connectivity index (χ0n) is 19.2. The predicted molar refractivity (Wildman–Crippen MR) is 132 cm³/mol. The van der Waals surface area contributed by atoms with Gasteiger partial charge in [0.25, 0.3) is 5.91 Å². The SMILES string of the molecule is COC(=O)c1ccc(NC(=O)c2ccc3c(c2)[C@@H]2[C@H]4CC[C@@H](C4)[C@@H]2[C@@H](c2ccccc2)N3)cc1. The molecule has 3 aliphatic rings. The van der Waals surface area contributed by atoms with Crippen LogP contribution in [0.3, 0.4) is 0 Å². The quantitative estimate of drug-likeness (QED) is 0.475. The normalized spacial score (nSPS) is 26.2. The molecule has 1 heterocycles. The van der Waals surface area contributed by atoms with Crippen molar-refractivity contribution in [2.24, 2.45) is 17.8 Å². The van der Waals surface area contributed by atoms with E-state index in [-0.39, 0.29) is 5.91 Å². The summed E-state index contributed by atoms with van der Waals surface area (Å²) in [5, 5.41) is 6.80. The lowest BCUT2D eigenvalue weighted by Gasteiger charge is -2.43. The number of esters is 1. The standard InChI is InChI=1S/C29H28N2O3/c1-34-29(33)18-9-12-22(13-10-18)30-28(32)21-11-14-24-23(16-21)25-19-7-8-20(15-19)26(25)27(31-24)17-5-3-2-4-6-17/h2-6,9-14,16,19-20,25-27,31H,7-8,15H2,1H3,(H,30,32)/t19-,20-,25-,26-,27+/m0/s1. The van der Waals surface area contributed by atoms with Crippen molar-refractivity contribution in [3.05, 3.63) is 95.1 Å². The van der Waals surface area contributed by atoms with E-state index in [1.165, 1.54) is 37.5 Å². The number of nitrogens with one attached hydrogen (secondary N) is 2. The predicted octanol–water partition coefficient (Wildman–Crippen LogP) is 6.02. The Labute approximate surface area is 199 Å². The third kappa shape index (κ3) is 3.47. The maximum atomic E-state index is 13.1. The average Bonchev–Trinajstić information content (AvgIpc) is 3.51. The van der Waals surface area contributed by atoms with Crippen LogP contribution in [0.1, 0.15) is 63.1 Å². The summed E-state index contributed by atoms with van der Waals surface area (Å²) >= 11 is 0. The smallest absolute Gasteiger partial charge is 0.337 e. The summed E-state index contributed by atoms with van der Waals surface area (Å²) in [5.74, 6) is 1.97. The van der Waals surface area contributed by atoms with Crippen molar-refractivity contribution in [2.75, 3.05) is 17.7 Å². The van der Waals surface area contributed by atoms with Gasteiger partial charge < -0.3 is 15.4 Å². The first-order valence-electron chi connectivity index (χ1n) is 12.1. The number of benzene rings is 3. The number of carbonyl (C=O) groups is 2. The molecule has 34 heavy (non-hydrogen) atoms. The van der Waals surface area contributed by atoms with Gasteiger partial charge in [0.05, 0.1) is 18.7 Å². The monoisotopic (exact) mass is 452 g/mol. The molecule has 5 nitrogen and oxygen atoms in total. The van der Waals surface area contributed by atoms with Crippen molar-refractivity contribution in [2.45, 2.75) is 31.2 Å². The van der Waals surface area contributed by atoms with Crippen LogP contribution < -0.4 is 10.6 Å². The molecule has 2 aliphatic carbocycles. The molecule has 5 atom stereocenters. The van der Waals surface area contributed by atoms with E-state index in [4.69, 9.17) is 4.74 Å². The minimum atomic E-state index is -0.394. The Morgan fingerprint density at radius 1 is 0.912 bits per heavy atom. The molecule has 0 unspecified atom stereocenters. The van der Waals surface area contributed by atoms with Gasteiger partial charge in [0, 0.05) is 16.9 Å². The van der Waals surface area contributed by atoms with E-state index < -0.39 is 5.97 Å². The maximum Gasteiger partial charge on any atom is 0.337 e. The number of fused-ring (bicyclic) bond motifs is 7. The van der Waals surface area contributed by atoms with Gasteiger partial charge in [-0.15, -0.1) is 0 Å². The van der Waals surface area contributed by atoms with Gasteiger partial charge >= 0.3 is 5.97 Å². The Hall–Kier alpha value is -3.60. The van der Waals surface area contributed by atoms with Crippen LogP contribution in [0.4, 0.5) is 11.4 Å². The van der Waals surface area contributed by atoms with Gasteiger partial charge in [-0.1, -0.05) is 30.3 Å². The minimum absolute atomic E-state index is 0.140. The van der Waals surface area contributed by atoms with Gasteiger partial charge in [0.1, 0.15) is 0 Å². The van der Waals surface area contributed by atoms with Crippen molar-refractivity contribution in [1.29, 1.82) is 0 Å². The zero-order chi connectivity index (χ0) is 23.2. The van der Waals surface area contributed by atoms with E-state index in [0.717, 1.165) is 11.6 Å². The van der Waals surface area contributed by atoms with Crippen molar-refractivity contribution in [3.63, 3.8) is 0 Å². The Bertz CT molecular complexity index is 1240. The van der Waals surface area contributed by atoms with Gasteiger partial charge in [0.2, 0.25) is 0 Å². The number of amides is 1. The molecule has 2 saturated carbocycles. The first kappa shape index (κ1) is 21.0. The molecule has 2 fully saturated rings. The second kappa shape index (κ2) is 8.32. The highest BCUT2D eigenvalue weighted by atomic mass is 16.5. The lowest BCUT2D eigenvalue weighted by atomic mass is 9.68. The summed E-state index contributed by atoms with van der Waals surface area (Å²) in [4.78, 5) is 24.7. The number of rotatable bonds is 4. The Balaban J connectivity index is 1.28. The molecule has 1 aliphatic heterocycles. The summed E-state index contributed by atoms with van der Waals surface area (Å²) in [6.45, 7) is 0. The maximum absolute atomic E-state index is 13.1. The molecule has 6 rings (SSSR count). The molecule has 3 aromatic rings. The second-order valence-corrected chi connectivity index (χ2v) is 9.79. The molecule has 2 N–H and O–H groups in total. The van der Waals surface area contributed by atoms with Crippen molar-refractivity contribution in [3.8, 4) is 0 Å². The fraction of sp³-hybridized carbons (Fsp3) is 0.310. The van der Waals surface area contributed by atoms with Crippen LogP contribution in [0.2, 0.25) is 0 Å². The average molecular weight is 453 g/mol. The fourth-order valence-electron chi connectivity index (χ4n) is 6.63. The van der Waals surface area contributed by atoms with Crippen molar-refractivity contribution < 1.29 is 14.3 Å². The Morgan fingerprint density at radius 3 is 2.41 bits per heavy atom. The van der Waals surface area contributed by atoms with E-state index >= 15 is 0 Å². The third-order valence-corrected chi connectivity index (χ3v) is 8.07. The van der Waals surface area contributed by atoms with Gasteiger partial charge in [0.15, 0.2) is 0 Å². The topological polar surface area (TPSA) is 67.4 Å². The van der Waals surface area contributed by atoms with Crippen LogP contribution in [0, 0.1) is 17.8 Å². The van der Waals surface area contributed by atoms with Crippen molar-refractivity contribution >= 4 is 23.3 Å². The summed E-state index contributed by atoms with van der Waals surface area (Å²) in [6, 6.07) is 23.9. The van der Waals surface area contributed by atoms with Gasteiger partial charge in [-0.05, 0) is 96.5 Å². The number of hydrogen-bond acceptors (Lipinski definition) is 4.